The first-order chi connectivity index (χ1) is 11.1. The number of carbonyl (C=O) groups excluding carboxylic acids is 1. The van der Waals surface area contributed by atoms with Crippen molar-refractivity contribution >= 4 is 22.5 Å². The zero-order valence-corrected chi connectivity index (χ0v) is 12.5. The molecule has 3 aromatic rings. The normalized spacial score (nSPS) is 10.5. The van der Waals surface area contributed by atoms with E-state index in [-0.39, 0.29) is 18.3 Å². The lowest BCUT2D eigenvalue weighted by molar-refractivity contribution is -0.116. The molecule has 5 heteroatoms. The number of aromatic nitrogens is 1. The third kappa shape index (κ3) is 2.79. The van der Waals surface area contributed by atoms with Crippen LogP contribution < -0.4 is 5.32 Å². The molecular formula is C18H14FN3O. The summed E-state index contributed by atoms with van der Waals surface area (Å²) in [6.45, 7) is 1.91. The van der Waals surface area contributed by atoms with Gasteiger partial charge in [0.15, 0.2) is 0 Å². The van der Waals surface area contributed by atoms with Crippen LogP contribution in [0, 0.1) is 24.1 Å². The van der Waals surface area contributed by atoms with Crippen LogP contribution in [0.1, 0.15) is 11.3 Å². The average Bonchev–Trinajstić information content (AvgIpc) is 2.81. The molecule has 1 amide bonds. The highest BCUT2D eigenvalue weighted by Crippen LogP contribution is 2.25. The molecule has 1 heterocycles. The molecule has 4 nitrogen and oxygen atoms in total. The smallest absolute Gasteiger partial charge is 0.244 e. The first kappa shape index (κ1) is 14.8. The van der Waals surface area contributed by atoms with E-state index in [0.717, 1.165) is 16.6 Å². The number of fused-ring (bicyclic) bond motifs is 1. The number of hydrogen-bond acceptors (Lipinski definition) is 2. The summed E-state index contributed by atoms with van der Waals surface area (Å²) in [5.74, 6) is -0.584. The third-order valence-electron chi connectivity index (χ3n) is 3.77. The topological polar surface area (TPSA) is 57.8 Å². The first-order valence-electron chi connectivity index (χ1n) is 7.13. The molecule has 0 unspecified atom stereocenters. The summed E-state index contributed by atoms with van der Waals surface area (Å²) < 4.78 is 14.7. The summed E-state index contributed by atoms with van der Waals surface area (Å²) in [6, 6.07) is 15.3. The maximum absolute atomic E-state index is 12.9. The third-order valence-corrected chi connectivity index (χ3v) is 3.77. The number of nitrogens with one attached hydrogen (secondary N) is 1. The molecule has 0 aliphatic heterocycles. The van der Waals surface area contributed by atoms with Gasteiger partial charge < -0.3 is 9.88 Å². The molecular weight excluding hydrogens is 293 g/mol. The Morgan fingerprint density at radius 3 is 2.61 bits per heavy atom. The number of hydrogen-bond donors (Lipinski definition) is 1. The van der Waals surface area contributed by atoms with Crippen LogP contribution in [0.5, 0.6) is 0 Å². The van der Waals surface area contributed by atoms with Gasteiger partial charge in [0.2, 0.25) is 5.91 Å². The Labute approximate surface area is 132 Å². The zero-order valence-electron chi connectivity index (χ0n) is 12.5. The number of para-hydroxylation sites is 1. The van der Waals surface area contributed by atoms with Crippen LogP contribution in [-0.4, -0.2) is 10.5 Å². The van der Waals surface area contributed by atoms with Gasteiger partial charge in [0, 0.05) is 16.8 Å². The molecule has 0 spiro atoms. The van der Waals surface area contributed by atoms with Gasteiger partial charge in [-0.25, -0.2) is 4.39 Å². The molecule has 0 saturated heterocycles. The summed E-state index contributed by atoms with van der Waals surface area (Å²) >= 11 is 0. The molecule has 1 aromatic heterocycles. The van der Waals surface area contributed by atoms with Crippen molar-refractivity contribution in [3.05, 3.63) is 65.6 Å². The number of nitrogens with zero attached hydrogens (tertiary/aromatic N) is 2. The molecule has 0 fully saturated rings. The van der Waals surface area contributed by atoms with Crippen LogP contribution >= 0.6 is 0 Å². The molecule has 0 aliphatic rings. The Bertz CT molecular complexity index is 920. The zero-order chi connectivity index (χ0) is 16.4. The van der Waals surface area contributed by atoms with E-state index in [4.69, 9.17) is 0 Å². The van der Waals surface area contributed by atoms with Gasteiger partial charge in [0.05, 0.1) is 11.1 Å². The van der Waals surface area contributed by atoms with Gasteiger partial charge in [-0.1, -0.05) is 18.2 Å². The van der Waals surface area contributed by atoms with Gasteiger partial charge in [-0.05, 0) is 37.3 Å². The number of anilines is 1. The largest absolute Gasteiger partial charge is 0.334 e. The molecule has 23 heavy (non-hydrogen) atoms. The van der Waals surface area contributed by atoms with Gasteiger partial charge in [0.25, 0.3) is 0 Å². The van der Waals surface area contributed by atoms with E-state index >= 15 is 0 Å². The second kappa shape index (κ2) is 5.93. The minimum atomic E-state index is -0.353. The van der Waals surface area contributed by atoms with E-state index < -0.39 is 0 Å². The number of rotatable bonds is 3. The molecule has 0 atom stereocenters. The summed E-state index contributed by atoms with van der Waals surface area (Å²) in [4.78, 5) is 12.3. The van der Waals surface area contributed by atoms with Crippen molar-refractivity contribution in [1.29, 1.82) is 5.26 Å². The van der Waals surface area contributed by atoms with E-state index in [9.17, 15) is 14.4 Å². The van der Waals surface area contributed by atoms with Gasteiger partial charge in [-0.2, -0.15) is 5.26 Å². The van der Waals surface area contributed by atoms with Crippen molar-refractivity contribution in [2.75, 3.05) is 5.32 Å². The van der Waals surface area contributed by atoms with E-state index in [2.05, 4.69) is 11.4 Å². The van der Waals surface area contributed by atoms with Crippen LogP contribution in [-0.2, 0) is 11.3 Å². The Hall–Kier alpha value is -3.13. The van der Waals surface area contributed by atoms with Crippen LogP contribution in [0.25, 0.3) is 10.9 Å². The highest BCUT2D eigenvalue weighted by molar-refractivity contribution is 5.93. The van der Waals surface area contributed by atoms with Gasteiger partial charge in [0.1, 0.15) is 18.4 Å². The minimum Gasteiger partial charge on any atom is -0.334 e. The lowest BCUT2D eigenvalue weighted by atomic mass is 10.1. The predicted molar refractivity (Wildman–Crippen MR) is 86.4 cm³/mol. The van der Waals surface area contributed by atoms with Crippen LogP contribution in [0.4, 0.5) is 10.1 Å². The fourth-order valence-corrected chi connectivity index (χ4v) is 2.65. The quantitative estimate of drug-likeness (QED) is 0.803. The highest BCUT2D eigenvalue weighted by atomic mass is 19.1. The average molecular weight is 307 g/mol. The molecule has 0 radical (unpaired) electrons. The van der Waals surface area contributed by atoms with Crippen molar-refractivity contribution < 1.29 is 9.18 Å². The monoisotopic (exact) mass is 307 g/mol. The van der Waals surface area contributed by atoms with Gasteiger partial charge in [-0.3, -0.25) is 4.79 Å². The lowest BCUT2D eigenvalue weighted by Gasteiger charge is -2.09. The Balaban J connectivity index is 1.89. The number of carbonyl (C=O) groups is 1. The Kier molecular flexibility index (Phi) is 3.82. The van der Waals surface area contributed by atoms with Crippen LogP contribution in [0.2, 0.25) is 0 Å². The molecule has 0 saturated carbocycles. The van der Waals surface area contributed by atoms with Gasteiger partial charge >= 0.3 is 0 Å². The van der Waals surface area contributed by atoms with Crippen LogP contribution in [0.3, 0.4) is 0 Å². The number of nitriles is 1. The first-order valence-corrected chi connectivity index (χ1v) is 7.13. The van der Waals surface area contributed by atoms with E-state index in [1.165, 1.54) is 24.3 Å². The number of halogens is 1. The molecule has 114 valence electrons. The highest BCUT2D eigenvalue weighted by Gasteiger charge is 2.15. The molecule has 3 rings (SSSR count). The van der Waals surface area contributed by atoms with Crippen molar-refractivity contribution in [2.24, 2.45) is 0 Å². The second-order valence-electron chi connectivity index (χ2n) is 5.23. The van der Waals surface area contributed by atoms with Crippen molar-refractivity contribution in [2.45, 2.75) is 13.5 Å². The van der Waals surface area contributed by atoms with E-state index in [1.54, 1.807) is 0 Å². The number of benzene rings is 2. The van der Waals surface area contributed by atoms with Gasteiger partial charge in [-0.15, -0.1) is 0 Å². The maximum atomic E-state index is 12.9. The standard InChI is InChI=1S/C18H14FN3O/c1-12-16(10-20)15-4-2-3-5-17(15)22(12)11-18(23)21-14-8-6-13(19)7-9-14/h2-9H,11H2,1H3,(H,21,23). The fraction of sp³-hybridized carbons (Fsp3) is 0.111. The Morgan fingerprint density at radius 2 is 1.91 bits per heavy atom. The van der Waals surface area contributed by atoms with E-state index in [1.807, 2.05) is 35.8 Å². The second-order valence-corrected chi connectivity index (χ2v) is 5.23. The Morgan fingerprint density at radius 1 is 1.22 bits per heavy atom. The van der Waals surface area contributed by atoms with Crippen molar-refractivity contribution in [3.8, 4) is 6.07 Å². The number of amides is 1. The predicted octanol–water partition coefficient (Wildman–Crippen LogP) is 3.60. The SMILES string of the molecule is Cc1c(C#N)c2ccccc2n1CC(=O)Nc1ccc(F)cc1. The molecule has 0 bridgehead atoms. The fourth-order valence-electron chi connectivity index (χ4n) is 2.65. The molecule has 2 aromatic carbocycles. The minimum absolute atomic E-state index is 0.0887. The lowest BCUT2D eigenvalue weighted by Crippen LogP contribution is -2.19. The summed E-state index contributed by atoms with van der Waals surface area (Å²) in [7, 11) is 0. The van der Waals surface area contributed by atoms with Crippen molar-refractivity contribution in [3.63, 3.8) is 0 Å². The van der Waals surface area contributed by atoms with Crippen molar-refractivity contribution in [1.82, 2.24) is 4.57 Å². The molecule has 0 aliphatic carbocycles. The van der Waals surface area contributed by atoms with Crippen LogP contribution in [0.15, 0.2) is 48.5 Å². The summed E-state index contributed by atoms with van der Waals surface area (Å²) in [6.07, 6.45) is 0. The summed E-state index contributed by atoms with van der Waals surface area (Å²) in [5.41, 5.74) is 2.71. The maximum Gasteiger partial charge on any atom is 0.244 e. The van der Waals surface area contributed by atoms with E-state index in [0.29, 0.717) is 11.3 Å². The molecule has 1 N–H and O–H groups in total. The summed E-state index contributed by atoms with van der Waals surface area (Å²) in [5, 5.41) is 12.9.